The van der Waals surface area contributed by atoms with Crippen LogP contribution in [-0.2, 0) is 11.2 Å². The molecule has 0 unspecified atom stereocenters. The van der Waals surface area contributed by atoms with Gasteiger partial charge >= 0.3 is 0 Å². The first kappa shape index (κ1) is 19.9. The van der Waals surface area contributed by atoms with Gasteiger partial charge in [-0.3, -0.25) is 4.79 Å². The van der Waals surface area contributed by atoms with Gasteiger partial charge in [-0.25, -0.2) is 4.98 Å². The molecule has 0 saturated heterocycles. The normalized spacial score (nSPS) is 10.7. The van der Waals surface area contributed by atoms with Gasteiger partial charge in [0, 0.05) is 34.3 Å². The highest BCUT2D eigenvalue weighted by Gasteiger charge is 2.13. The van der Waals surface area contributed by atoms with Gasteiger partial charge < -0.3 is 15.6 Å². The molecular formula is C20H15Cl2FN2O3. The molecule has 1 amide bonds. The van der Waals surface area contributed by atoms with Crippen LogP contribution in [0.5, 0.6) is 11.5 Å². The van der Waals surface area contributed by atoms with E-state index in [1.54, 1.807) is 30.3 Å². The van der Waals surface area contributed by atoms with Crippen LogP contribution in [0.2, 0.25) is 10.0 Å². The Balaban J connectivity index is 1.90. The summed E-state index contributed by atoms with van der Waals surface area (Å²) in [5.74, 6) is -0.904. The summed E-state index contributed by atoms with van der Waals surface area (Å²) in [5, 5.41) is 10.9. The fraction of sp³-hybridized carbons (Fsp3) is 0.100. The van der Waals surface area contributed by atoms with Crippen molar-refractivity contribution in [2.45, 2.75) is 6.42 Å². The molecule has 0 aliphatic heterocycles. The number of aromatic nitrogens is 1. The smallest absolute Gasteiger partial charge is 0.255 e. The van der Waals surface area contributed by atoms with Crippen molar-refractivity contribution in [2.75, 3.05) is 6.61 Å². The minimum absolute atomic E-state index is 0.0155. The number of nitrogens with two attached hydrogens (primary N) is 1. The third-order valence-electron chi connectivity index (χ3n) is 3.98. The topological polar surface area (TPSA) is 85.4 Å². The molecule has 3 N–H and O–H groups in total. The second-order valence-corrected chi connectivity index (χ2v) is 6.83. The number of primary amides is 1. The Morgan fingerprint density at radius 3 is 2.50 bits per heavy atom. The SMILES string of the molecule is NC(=O)COc1cc(Cl)c(Cc2ccc(O)c(-c3ccnc(F)c3)c2)c(Cl)c1. The highest BCUT2D eigenvalue weighted by molar-refractivity contribution is 6.36. The summed E-state index contributed by atoms with van der Waals surface area (Å²) >= 11 is 12.6. The molecule has 144 valence electrons. The van der Waals surface area contributed by atoms with Gasteiger partial charge in [0.25, 0.3) is 5.91 Å². The average molecular weight is 421 g/mol. The maximum Gasteiger partial charge on any atom is 0.255 e. The van der Waals surface area contributed by atoms with Gasteiger partial charge in [0.15, 0.2) is 6.61 Å². The summed E-state index contributed by atoms with van der Waals surface area (Å²) in [6, 6.07) is 10.9. The quantitative estimate of drug-likeness (QED) is 0.580. The maximum absolute atomic E-state index is 13.4. The minimum atomic E-state index is -0.639. The number of carbonyl (C=O) groups excluding carboxylic acids is 1. The molecule has 0 fully saturated rings. The molecule has 0 bridgehead atoms. The van der Waals surface area contributed by atoms with Gasteiger partial charge in [-0.15, -0.1) is 0 Å². The molecule has 1 aromatic heterocycles. The van der Waals surface area contributed by atoms with Gasteiger partial charge in [0.1, 0.15) is 11.5 Å². The van der Waals surface area contributed by atoms with Gasteiger partial charge in [-0.2, -0.15) is 4.39 Å². The molecule has 0 aliphatic carbocycles. The summed E-state index contributed by atoms with van der Waals surface area (Å²) in [4.78, 5) is 14.4. The number of nitrogens with zero attached hydrogens (tertiary/aromatic N) is 1. The third-order valence-corrected chi connectivity index (χ3v) is 4.65. The number of carbonyl (C=O) groups is 1. The van der Waals surface area contributed by atoms with Crippen LogP contribution in [0.4, 0.5) is 4.39 Å². The van der Waals surface area contributed by atoms with E-state index in [-0.39, 0.29) is 12.4 Å². The highest BCUT2D eigenvalue weighted by atomic mass is 35.5. The first-order chi connectivity index (χ1) is 13.3. The molecule has 8 heteroatoms. The number of phenols is 1. The Morgan fingerprint density at radius 2 is 1.86 bits per heavy atom. The van der Waals surface area contributed by atoms with Gasteiger partial charge in [-0.1, -0.05) is 29.3 Å². The number of hydrogen-bond donors (Lipinski definition) is 2. The van der Waals surface area contributed by atoms with E-state index in [1.807, 2.05) is 0 Å². The molecule has 0 atom stereocenters. The minimum Gasteiger partial charge on any atom is -0.507 e. The summed E-state index contributed by atoms with van der Waals surface area (Å²) < 4.78 is 18.6. The van der Waals surface area contributed by atoms with E-state index in [2.05, 4.69) is 4.98 Å². The number of phenolic OH excluding ortho intramolecular Hbond substituents is 1. The number of benzene rings is 2. The molecule has 5 nitrogen and oxygen atoms in total. The number of ether oxygens (including phenoxy) is 1. The number of hydrogen-bond acceptors (Lipinski definition) is 4. The number of pyridine rings is 1. The predicted molar refractivity (Wildman–Crippen MR) is 105 cm³/mol. The first-order valence-corrected chi connectivity index (χ1v) is 8.92. The lowest BCUT2D eigenvalue weighted by Crippen LogP contribution is -2.20. The Hall–Kier alpha value is -2.83. The molecule has 1 heterocycles. The van der Waals surface area contributed by atoms with Crippen LogP contribution in [0, 0.1) is 5.95 Å². The van der Waals surface area contributed by atoms with Crippen LogP contribution in [0.3, 0.4) is 0 Å². The van der Waals surface area contributed by atoms with E-state index in [1.165, 1.54) is 18.3 Å². The molecule has 0 radical (unpaired) electrons. The van der Waals surface area contributed by atoms with Crippen molar-refractivity contribution in [2.24, 2.45) is 5.73 Å². The molecule has 3 aromatic rings. The summed E-state index contributed by atoms with van der Waals surface area (Å²) in [7, 11) is 0. The Bertz CT molecular complexity index is 1020. The molecule has 3 rings (SSSR count). The lowest BCUT2D eigenvalue weighted by atomic mass is 9.98. The van der Waals surface area contributed by atoms with Crippen LogP contribution < -0.4 is 10.5 Å². The molecular weight excluding hydrogens is 406 g/mol. The predicted octanol–water partition coefficient (Wildman–Crippen LogP) is 4.36. The second kappa shape index (κ2) is 8.46. The molecule has 0 saturated carbocycles. The molecule has 2 aromatic carbocycles. The van der Waals surface area contributed by atoms with Gasteiger partial charge in [-0.05, 0) is 47.0 Å². The Labute approximate surface area is 170 Å². The van der Waals surface area contributed by atoms with Crippen LogP contribution in [-0.4, -0.2) is 22.6 Å². The number of halogens is 3. The molecule has 28 heavy (non-hydrogen) atoms. The van der Waals surface area contributed by atoms with Crippen molar-refractivity contribution in [1.82, 2.24) is 4.98 Å². The van der Waals surface area contributed by atoms with Crippen molar-refractivity contribution in [1.29, 1.82) is 0 Å². The van der Waals surface area contributed by atoms with Gasteiger partial charge in [0.05, 0.1) is 0 Å². The standard InChI is InChI=1S/C20H15Cl2FN2O3/c21-16-8-13(28-10-20(24)27)9-17(22)15(16)6-11-1-2-18(26)14(5-11)12-3-4-25-19(23)7-12/h1-5,7-9,26H,6,10H2,(H2,24,27). The molecule has 0 spiro atoms. The van der Waals surface area contributed by atoms with E-state index in [9.17, 15) is 14.3 Å². The second-order valence-electron chi connectivity index (χ2n) is 6.02. The lowest BCUT2D eigenvalue weighted by Gasteiger charge is -2.12. The Kier molecular flexibility index (Phi) is 6.02. The van der Waals surface area contributed by atoms with E-state index in [4.69, 9.17) is 33.7 Å². The molecule has 0 aliphatic rings. The lowest BCUT2D eigenvalue weighted by molar-refractivity contribution is -0.119. The largest absolute Gasteiger partial charge is 0.507 e. The van der Waals surface area contributed by atoms with E-state index in [0.29, 0.717) is 38.9 Å². The van der Waals surface area contributed by atoms with Gasteiger partial charge in [0.2, 0.25) is 5.95 Å². The zero-order valence-electron chi connectivity index (χ0n) is 14.5. The fourth-order valence-corrected chi connectivity index (χ4v) is 3.29. The number of amides is 1. The van der Waals surface area contributed by atoms with Crippen molar-refractivity contribution in [3.8, 4) is 22.6 Å². The monoisotopic (exact) mass is 420 g/mol. The average Bonchev–Trinajstić information content (AvgIpc) is 2.64. The summed E-state index contributed by atoms with van der Waals surface area (Å²) in [6.07, 6.45) is 1.70. The Morgan fingerprint density at radius 1 is 1.14 bits per heavy atom. The number of aromatic hydroxyl groups is 1. The van der Waals surface area contributed by atoms with E-state index >= 15 is 0 Å². The first-order valence-electron chi connectivity index (χ1n) is 8.16. The summed E-state index contributed by atoms with van der Waals surface area (Å²) in [6.45, 7) is -0.282. The number of rotatable bonds is 6. The summed E-state index contributed by atoms with van der Waals surface area (Å²) in [5.41, 5.74) is 7.47. The van der Waals surface area contributed by atoms with Crippen LogP contribution in [0.1, 0.15) is 11.1 Å². The van der Waals surface area contributed by atoms with Crippen LogP contribution >= 0.6 is 23.2 Å². The van der Waals surface area contributed by atoms with Crippen LogP contribution in [0.25, 0.3) is 11.1 Å². The van der Waals surface area contributed by atoms with Crippen molar-refractivity contribution >= 4 is 29.1 Å². The van der Waals surface area contributed by atoms with Crippen molar-refractivity contribution in [3.63, 3.8) is 0 Å². The zero-order chi connectivity index (χ0) is 20.3. The van der Waals surface area contributed by atoms with Crippen molar-refractivity contribution < 1.29 is 19.0 Å². The third kappa shape index (κ3) is 4.71. The zero-order valence-corrected chi connectivity index (χ0v) is 16.0. The van der Waals surface area contributed by atoms with E-state index < -0.39 is 11.9 Å². The van der Waals surface area contributed by atoms with Crippen LogP contribution in [0.15, 0.2) is 48.7 Å². The maximum atomic E-state index is 13.4. The van der Waals surface area contributed by atoms with E-state index in [0.717, 1.165) is 5.56 Å². The highest BCUT2D eigenvalue weighted by Crippen LogP contribution is 2.35. The van der Waals surface area contributed by atoms with Crippen molar-refractivity contribution in [3.05, 3.63) is 75.8 Å². The fourth-order valence-electron chi connectivity index (χ4n) is 2.68.